The van der Waals surface area contributed by atoms with Crippen LogP contribution < -0.4 is 0 Å². The summed E-state index contributed by atoms with van der Waals surface area (Å²) in [4.78, 5) is 4.63. The Morgan fingerprint density at radius 2 is 1.46 bits per heavy atom. The molecule has 0 aliphatic rings. The van der Waals surface area contributed by atoms with Crippen molar-refractivity contribution >= 4 is 9.04 Å². The van der Waals surface area contributed by atoms with Gasteiger partial charge >= 0.3 is 0 Å². The highest BCUT2D eigenvalue weighted by Crippen LogP contribution is 2.36. The molecule has 0 spiro atoms. The second kappa shape index (κ2) is 13.5. The summed E-state index contributed by atoms with van der Waals surface area (Å²) in [6.07, 6.45) is 6.71. The van der Waals surface area contributed by atoms with Crippen molar-refractivity contribution in [3.05, 3.63) is 35.9 Å². The summed E-state index contributed by atoms with van der Waals surface area (Å²) >= 11 is 0. The molecule has 3 nitrogen and oxygen atoms in total. The van der Waals surface area contributed by atoms with Gasteiger partial charge in [0, 0.05) is 6.10 Å². The summed E-state index contributed by atoms with van der Waals surface area (Å²) in [5.41, 5.74) is 1.86. The van der Waals surface area contributed by atoms with Crippen LogP contribution in [0.15, 0.2) is 30.3 Å². The van der Waals surface area contributed by atoms with E-state index in [1.807, 2.05) is 0 Å². The van der Waals surface area contributed by atoms with Crippen molar-refractivity contribution in [3.63, 3.8) is 0 Å². The van der Waals surface area contributed by atoms with Gasteiger partial charge in [0.15, 0.2) is 9.04 Å². The van der Waals surface area contributed by atoms with Gasteiger partial charge in [0.2, 0.25) is 0 Å². The minimum Gasteiger partial charge on any atom is -0.418 e. The molecular formula is C24H46N2OSi. The molecular weight excluding hydrogens is 360 g/mol. The standard InChI is InChI=1S/C24H46N2OSi/c1-22(2)27-28(20-15-23-13-9-8-10-14-23)21-24(3,16-11-18-25(4)5)17-12-19-26(6)7/h8-10,13-14,22,28H,11-12,15-21H2,1-7H3. The van der Waals surface area contributed by atoms with Gasteiger partial charge in [0.05, 0.1) is 0 Å². The van der Waals surface area contributed by atoms with E-state index in [2.05, 4.69) is 89.1 Å². The first-order chi connectivity index (χ1) is 13.2. The predicted octanol–water partition coefficient (Wildman–Crippen LogP) is 5.07. The third-order valence-electron chi connectivity index (χ3n) is 5.55. The maximum Gasteiger partial charge on any atom is 0.178 e. The molecule has 1 rings (SSSR count). The molecule has 0 N–H and O–H groups in total. The topological polar surface area (TPSA) is 15.7 Å². The number of nitrogens with zero attached hydrogens (tertiary/aromatic N) is 2. The van der Waals surface area contributed by atoms with E-state index < -0.39 is 9.04 Å². The van der Waals surface area contributed by atoms with Crippen LogP contribution in [0.2, 0.25) is 12.1 Å². The first-order valence-corrected chi connectivity index (χ1v) is 13.3. The summed E-state index contributed by atoms with van der Waals surface area (Å²) in [6.45, 7) is 9.31. The molecule has 0 radical (unpaired) electrons. The highest BCUT2D eigenvalue weighted by Gasteiger charge is 2.29. The van der Waals surface area contributed by atoms with Gasteiger partial charge in [-0.05, 0) is 110 Å². The van der Waals surface area contributed by atoms with Crippen LogP contribution in [-0.4, -0.2) is 66.2 Å². The first kappa shape index (κ1) is 25.4. The zero-order valence-electron chi connectivity index (χ0n) is 19.7. The second-order valence-electron chi connectivity index (χ2n) is 9.66. The Labute approximate surface area is 177 Å². The van der Waals surface area contributed by atoms with E-state index in [1.165, 1.54) is 56.4 Å². The normalized spacial score (nSPS) is 13.6. The predicted molar refractivity (Wildman–Crippen MR) is 127 cm³/mol. The summed E-state index contributed by atoms with van der Waals surface area (Å²) in [7, 11) is 7.48. The fourth-order valence-electron chi connectivity index (χ4n) is 4.10. The molecule has 0 bridgehead atoms. The Kier molecular flexibility index (Phi) is 12.2. The van der Waals surface area contributed by atoms with E-state index >= 15 is 0 Å². The molecule has 0 aromatic heterocycles. The van der Waals surface area contributed by atoms with Crippen molar-refractivity contribution in [2.24, 2.45) is 5.41 Å². The van der Waals surface area contributed by atoms with Crippen LogP contribution in [0.4, 0.5) is 0 Å². The smallest absolute Gasteiger partial charge is 0.178 e. The first-order valence-electron chi connectivity index (χ1n) is 11.2. The Balaban J connectivity index is 2.74. The highest BCUT2D eigenvalue weighted by atomic mass is 28.3. The number of aryl methyl sites for hydroxylation is 1. The fourth-order valence-corrected chi connectivity index (χ4v) is 7.47. The lowest BCUT2D eigenvalue weighted by atomic mass is 9.82. The molecule has 0 saturated heterocycles. The summed E-state index contributed by atoms with van der Waals surface area (Å²) in [5, 5.41) is 0. The minimum atomic E-state index is -1.25. The fraction of sp³-hybridized carbons (Fsp3) is 0.750. The molecule has 162 valence electrons. The molecule has 4 heteroatoms. The number of rotatable bonds is 15. The average Bonchev–Trinajstić information content (AvgIpc) is 2.59. The Hall–Kier alpha value is -0.683. The lowest BCUT2D eigenvalue weighted by Gasteiger charge is -2.34. The Morgan fingerprint density at radius 3 is 1.93 bits per heavy atom. The average molecular weight is 407 g/mol. The van der Waals surface area contributed by atoms with Gasteiger partial charge in [-0.25, -0.2) is 0 Å². The molecule has 1 atom stereocenters. The van der Waals surface area contributed by atoms with E-state index in [9.17, 15) is 0 Å². The molecule has 0 fully saturated rings. The van der Waals surface area contributed by atoms with Gasteiger partial charge in [0.25, 0.3) is 0 Å². The van der Waals surface area contributed by atoms with Crippen LogP contribution in [0.3, 0.4) is 0 Å². The van der Waals surface area contributed by atoms with E-state index in [4.69, 9.17) is 4.43 Å². The molecule has 1 unspecified atom stereocenters. The van der Waals surface area contributed by atoms with Gasteiger partial charge in [-0.2, -0.15) is 0 Å². The number of hydrogen-bond donors (Lipinski definition) is 0. The zero-order chi connectivity index (χ0) is 21.0. The quantitative estimate of drug-likeness (QED) is 0.378. The number of hydrogen-bond acceptors (Lipinski definition) is 3. The van der Waals surface area contributed by atoms with E-state index in [0.717, 1.165) is 6.42 Å². The van der Waals surface area contributed by atoms with Crippen LogP contribution in [0.25, 0.3) is 0 Å². The lowest BCUT2D eigenvalue weighted by Crippen LogP contribution is -2.32. The summed E-state index contributed by atoms with van der Waals surface area (Å²) in [6, 6.07) is 13.5. The molecule has 1 aromatic carbocycles. The molecule has 0 amide bonds. The maximum absolute atomic E-state index is 6.54. The Bertz CT molecular complexity index is 491. The molecule has 0 aliphatic heterocycles. The van der Waals surface area contributed by atoms with Gasteiger partial charge in [0.1, 0.15) is 0 Å². The van der Waals surface area contributed by atoms with Crippen molar-refractivity contribution in [2.45, 2.75) is 71.1 Å². The lowest BCUT2D eigenvalue weighted by molar-refractivity contribution is 0.211. The molecule has 28 heavy (non-hydrogen) atoms. The van der Waals surface area contributed by atoms with E-state index in [-0.39, 0.29) is 0 Å². The van der Waals surface area contributed by atoms with Crippen LogP contribution in [-0.2, 0) is 10.8 Å². The second-order valence-corrected chi connectivity index (χ2v) is 12.2. The molecule has 1 aromatic rings. The van der Waals surface area contributed by atoms with Gasteiger partial charge in [-0.15, -0.1) is 0 Å². The van der Waals surface area contributed by atoms with Crippen molar-refractivity contribution in [1.82, 2.24) is 9.80 Å². The van der Waals surface area contributed by atoms with Crippen LogP contribution in [0.1, 0.15) is 52.0 Å². The highest BCUT2D eigenvalue weighted by molar-refractivity contribution is 6.52. The summed E-state index contributed by atoms with van der Waals surface area (Å²) in [5.74, 6) is 0. The van der Waals surface area contributed by atoms with E-state index in [0.29, 0.717) is 11.5 Å². The Morgan fingerprint density at radius 1 is 0.929 bits per heavy atom. The van der Waals surface area contributed by atoms with Gasteiger partial charge in [-0.1, -0.05) is 37.3 Å². The zero-order valence-corrected chi connectivity index (χ0v) is 20.9. The number of benzene rings is 1. The monoisotopic (exact) mass is 406 g/mol. The SMILES string of the molecule is CC(C)O[SiH](CCc1ccccc1)CC(C)(CCCN(C)C)CCCN(C)C. The van der Waals surface area contributed by atoms with Crippen LogP contribution in [0, 0.1) is 5.41 Å². The molecule has 0 saturated carbocycles. The van der Waals surface area contributed by atoms with Gasteiger partial charge < -0.3 is 14.2 Å². The largest absolute Gasteiger partial charge is 0.418 e. The molecule has 0 aliphatic carbocycles. The van der Waals surface area contributed by atoms with Crippen molar-refractivity contribution in [2.75, 3.05) is 41.3 Å². The van der Waals surface area contributed by atoms with Crippen molar-refractivity contribution in [1.29, 1.82) is 0 Å². The third-order valence-corrected chi connectivity index (χ3v) is 8.86. The minimum absolute atomic E-state index is 0.347. The molecule has 0 heterocycles. The van der Waals surface area contributed by atoms with Gasteiger partial charge in [-0.3, -0.25) is 0 Å². The maximum atomic E-state index is 6.54. The third kappa shape index (κ3) is 12.0. The van der Waals surface area contributed by atoms with Crippen molar-refractivity contribution < 1.29 is 4.43 Å². The van der Waals surface area contributed by atoms with Crippen LogP contribution in [0.5, 0.6) is 0 Å². The van der Waals surface area contributed by atoms with E-state index in [1.54, 1.807) is 0 Å². The van der Waals surface area contributed by atoms with Crippen molar-refractivity contribution in [3.8, 4) is 0 Å². The van der Waals surface area contributed by atoms with Crippen LogP contribution >= 0.6 is 0 Å². The summed E-state index contributed by atoms with van der Waals surface area (Å²) < 4.78 is 6.54.